The number of hydrogen-bond acceptors (Lipinski definition) is 0. The Bertz CT molecular complexity index is 239. The van der Waals surface area contributed by atoms with Crippen LogP contribution >= 0.6 is 0 Å². The molecule has 0 amide bonds. The van der Waals surface area contributed by atoms with Crippen molar-refractivity contribution in [3.63, 3.8) is 0 Å². The van der Waals surface area contributed by atoms with Crippen molar-refractivity contribution in [2.24, 2.45) is 11.3 Å². The van der Waals surface area contributed by atoms with E-state index < -0.39 is 0 Å². The normalized spacial score (nSPS) is 14.6. The van der Waals surface area contributed by atoms with E-state index in [1.165, 1.54) is 38.5 Å². The van der Waals surface area contributed by atoms with E-state index in [9.17, 15) is 0 Å². The molecular weight excluding hydrogens is 216 g/mol. The van der Waals surface area contributed by atoms with E-state index >= 15 is 0 Å². The summed E-state index contributed by atoms with van der Waals surface area (Å²) in [5.74, 6) is 0.738. The molecule has 1 unspecified atom stereocenters. The van der Waals surface area contributed by atoms with Gasteiger partial charge in [-0.05, 0) is 37.0 Å². The average molecular weight is 250 g/mol. The first kappa shape index (κ1) is 17.5. The number of unbranched alkanes of at least 4 members (excludes halogenated alkanes) is 3. The molecule has 0 radical (unpaired) electrons. The van der Waals surface area contributed by atoms with Crippen LogP contribution < -0.4 is 0 Å². The number of hydrogen-bond donors (Lipinski definition) is 0. The average Bonchev–Trinajstić information content (AvgIpc) is 2.22. The van der Waals surface area contributed by atoms with Crippen LogP contribution in [0.4, 0.5) is 0 Å². The quantitative estimate of drug-likeness (QED) is 0.322. The van der Waals surface area contributed by atoms with Gasteiger partial charge in [-0.15, -0.1) is 6.58 Å². The summed E-state index contributed by atoms with van der Waals surface area (Å²) in [6.07, 6.45) is 13.7. The molecule has 0 aromatic heterocycles. The minimum Gasteiger partial charge on any atom is -0.103 e. The van der Waals surface area contributed by atoms with E-state index in [1.54, 1.807) is 5.57 Å². The van der Waals surface area contributed by atoms with Crippen LogP contribution in [0.3, 0.4) is 0 Å². The van der Waals surface area contributed by atoms with E-state index in [-0.39, 0.29) is 0 Å². The van der Waals surface area contributed by atoms with Crippen LogP contribution in [0.15, 0.2) is 24.3 Å². The summed E-state index contributed by atoms with van der Waals surface area (Å²) in [5, 5.41) is 0. The molecule has 0 heteroatoms. The Morgan fingerprint density at radius 1 is 1.17 bits per heavy atom. The Morgan fingerprint density at radius 3 is 2.33 bits per heavy atom. The van der Waals surface area contributed by atoms with Gasteiger partial charge in [0.2, 0.25) is 0 Å². The molecule has 0 aliphatic heterocycles. The lowest BCUT2D eigenvalue weighted by molar-refractivity contribution is 0.511. The Labute approximate surface area is 116 Å². The van der Waals surface area contributed by atoms with Gasteiger partial charge in [0.15, 0.2) is 0 Å². The SMILES string of the molecule is C=CCC(C)CC(=CC(C)(C)C)CCCCCC. The maximum atomic E-state index is 3.85. The first-order chi connectivity index (χ1) is 8.39. The molecule has 0 bridgehead atoms. The number of rotatable bonds is 9. The van der Waals surface area contributed by atoms with Crippen LogP contribution in [0.2, 0.25) is 0 Å². The zero-order valence-corrected chi connectivity index (χ0v) is 13.4. The van der Waals surface area contributed by atoms with Crippen molar-refractivity contribution in [2.75, 3.05) is 0 Å². The van der Waals surface area contributed by atoms with E-state index in [1.807, 2.05) is 0 Å². The standard InChI is InChI=1S/C18H34/c1-7-9-10-11-13-17(15-18(4,5)6)14-16(3)12-8-2/h8,15-16H,2,7,9-14H2,1,3-6H3. The summed E-state index contributed by atoms with van der Waals surface area (Å²) in [5.41, 5.74) is 1.97. The van der Waals surface area contributed by atoms with Gasteiger partial charge in [0, 0.05) is 0 Å². The molecule has 0 rings (SSSR count). The van der Waals surface area contributed by atoms with Crippen LogP contribution in [0.25, 0.3) is 0 Å². The summed E-state index contributed by atoms with van der Waals surface area (Å²) in [7, 11) is 0. The second-order valence-corrected chi connectivity index (χ2v) is 6.81. The predicted molar refractivity (Wildman–Crippen MR) is 84.9 cm³/mol. The highest BCUT2D eigenvalue weighted by molar-refractivity contribution is 5.08. The lowest BCUT2D eigenvalue weighted by Crippen LogP contribution is -2.04. The van der Waals surface area contributed by atoms with Crippen molar-refractivity contribution < 1.29 is 0 Å². The van der Waals surface area contributed by atoms with Crippen molar-refractivity contribution in [1.82, 2.24) is 0 Å². The Balaban J connectivity index is 4.34. The van der Waals surface area contributed by atoms with Gasteiger partial charge < -0.3 is 0 Å². The van der Waals surface area contributed by atoms with Gasteiger partial charge >= 0.3 is 0 Å². The molecular formula is C18H34. The predicted octanol–water partition coefficient (Wildman–Crippen LogP) is 6.53. The Morgan fingerprint density at radius 2 is 1.83 bits per heavy atom. The molecule has 0 fully saturated rings. The van der Waals surface area contributed by atoms with E-state index in [0.717, 1.165) is 12.3 Å². The third-order valence-electron chi connectivity index (χ3n) is 3.17. The van der Waals surface area contributed by atoms with Crippen molar-refractivity contribution in [3.05, 3.63) is 24.3 Å². The van der Waals surface area contributed by atoms with Gasteiger partial charge in [0.25, 0.3) is 0 Å². The highest BCUT2D eigenvalue weighted by Gasteiger charge is 2.11. The summed E-state index contributed by atoms with van der Waals surface area (Å²) in [6.45, 7) is 15.4. The monoisotopic (exact) mass is 250 g/mol. The van der Waals surface area contributed by atoms with Gasteiger partial charge in [-0.2, -0.15) is 0 Å². The van der Waals surface area contributed by atoms with Crippen LogP contribution in [-0.4, -0.2) is 0 Å². The molecule has 0 heterocycles. The van der Waals surface area contributed by atoms with Crippen molar-refractivity contribution in [2.45, 2.75) is 79.6 Å². The zero-order chi connectivity index (χ0) is 14.0. The lowest BCUT2D eigenvalue weighted by atomic mass is 9.87. The highest BCUT2D eigenvalue weighted by atomic mass is 14.2. The van der Waals surface area contributed by atoms with Crippen molar-refractivity contribution >= 4 is 0 Å². The first-order valence-electron chi connectivity index (χ1n) is 7.70. The maximum Gasteiger partial charge on any atom is -0.0200 e. The molecule has 0 nitrogen and oxygen atoms in total. The Hall–Kier alpha value is -0.520. The molecule has 0 aromatic rings. The van der Waals surface area contributed by atoms with Gasteiger partial charge in [0.05, 0.1) is 0 Å². The molecule has 0 N–H and O–H groups in total. The fourth-order valence-corrected chi connectivity index (χ4v) is 2.44. The lowest BCUT2D eigenvalue weighted by Gasteiger charge is -2.19. The molecule has 0 saturated heterocycles. The fraction of sp³-hybridized carbons (Fsp3) is 0.778. The van der Waals surface area contributed by atoms with Crippen LogP contribution in [0.5, 0.6) is 0 Å². The third kappa shape index (κ3) is 10.6. The minimum atomic E-state index is 0.313. The molecule has 0 aliphatic rings. The molecule has 0 aromatic carbocycles. The summed E-state index contributed by atoms with van der Waals surface area (Å²) >= 11 is 0. The topological polar surface area (TPSA) is 0 Å². The first-order valence-corrected chi connectivity index (χ1v) is 7.70. The van der Waals surface area contributed by atoms with Gasteiger partial charge in [-0.1, -0.05) is 71.6 Å². The van der Waals surface area contributed by atoms with Gasteiger partial charge in [-0.25, -0.2) is 0 Å². The zero-order valence-electron chi connectivity index (χ0n) is 13.4. The second-order valence-electron chi connectivity index (χ2n) is 6.81. The van der Waals surface area contributed by atoms with Gasteiger partial charge in [-0.3, -0.25) is 0 Å². The van der Waals surface area contributed by atoms with E-state index in [4.69, 9.17) is 0 Å². The molecule has 1 atom stereocenters. The Kier molecular flexibility index (Phi) is 9.14. The molecule has 0 aliphatic carbocycles. The van der Waals surface area contributed by atoms with Crippen LogP contribution in [0.1, 0.15) is 79.6 Å². The second kappa shape index (κ2) is 9.42. The third-order valence-corrected chi connectivity index (χ3v) is 3.17. The van der Waals surface area contributed by atoms with Crippen LogP contribution in [0, 0.1) is 11.3 Å². The summed E-state index contributed by atoms with van der Waals surface area (Å²) < 4.78 is 0. The maximum absolute atomic E-state index is 3.85. The summed E-state index contributed by atoms with van der Waals surface area (Å²) in [4.78, 5) is 0. The van der Waals surface area contributed by atoms with E-state index in [0.29, 0.717) is 5.41 Å². The molecule has 18 heavy (non-hydrogen) atoms. The molecule has 0 spiro atoms. The minimum absolute atomic E-state index is 0.313. The fourth-order valence-electron chi connectivity index (χ4n) is 2.44. The number of allylic oxidation sites excluding steroid dienone is 3. The summed E-state index contributed by atoms with van der Waals surface area (Å²) in [6, 6.07) is 0. The highest BCUT2D eigenvalue weighted by Crippen LogP contribution is 2.26. The molecule has 0 saturated carbocycles. The molecule has 106 valence electrons. The van der Waals surface area contributed by atoms with E-state index in [2.05, 4.69) is 53.3 Å². The largest absolute Gasteiger partial charge is 0.103 e. The van der Waals surface area contributed by atoms with Gasteiger partial charge in [0.1, 0.15) is 0 Å². The smallest absolute Gasteiger partial charge is 0.0200 e. The van der Waals surface area contributed by atoms with Crippen LogP contribution in [-0.2, 0) is 0 Å². The van der Waals surface area contributed by atoms with Crippen molar-refractivity contribution in [3.8, 4) is 0 Å². The van der Waals surface area contributed by atoms with Crippen molar-refractivity contribution in [1.29, 1.82) is 0 Å².